The van der Waals surface area contributed by atoms with E-state index in [-0.39, 0.29) is 24.8 Å². The van der Waals surface area contributed by atoms with Gasteiger partial charge in [0.2, 0.25) is 0 Å². The second-order valence-corrected chi connectivity index (χ2v) is 10.7. The first-order chi connectivity index (χ1) is 15.7. The van der Waals surface area contributed by atoms with E-state index in [0.29, 0.717) is 29.3 Å². The van der Waals surface area contributed by atoms with Gasteiger partial charge in [0.15, 0.2) is 0 Å². The van der Waals surface area contributed by atoms with Gasteiger partial charge in [0.05, 0.1) is 19.4 Å². The Balaban J connectivity index is 1.64. The van der Waals surface area contributed by atoms with Gasteiger partial charge in [-0.05, 0) is 65.8 Å². The number of carbonyl (C=O) groups is 2. The summed E-state index contributed by atoms with van der Waals surface area (Å²) in [7, 11) is 0. The van der Waals surface area contributed by atoms with Crippen LogP contribution in [0.3, 0.4) is 0 Å². The fourth-order valence-electron chi connectivity index (χ4n) is 4.26. The van der Waals surface area contributed by atoms with Gasteiger partial charge in [0, 0.05) is 21.2 Å². The third kappa shape index (κ3) is 5.08. The molecule has 1 spiro atoms. The number of esters is 2. The standard InChI is InChI=1S/C26H30ClNO4S/c1-4-25(2,3)17-5-7-18(8-6-17)33-15-20-19-13-14-28-16-26(21(19)9-10-22(20)27)31-23(29)11-12-24(30)32-26/h5-10,28H,4,11-16H2,1-3H3. The molecule has 5 nitrogen and oxygen atoms in total. The van der Waals surface area contributed by atoms with Crippen molar-refractivity contribution in [2.45, 2.75) is 68.3 Å². The van der Waals surface area contributed by atoms with E-state index in [9.17, 15) is 9.59 Å². The number of hydrogen-bond acceptors (Lipinski definition) is 6. The van der Waals surface area contributed by atoms with E-state index in [1.807, 2.05) is 12.1 Å². The molecule has 2 aromatic carbocycles. The van der Waals surface area contributed by atoms with Crippen LogP contribution in [0.5, 0.6) is 0 Å². The maximum atomic E-state index is 12.3. The van der Waals surface area contributed by atoms with Crippen LogP contribution in [0.4, 0.5) is 0 Å². The quantitative estimate of drug-likeness (QED) is 0.444. The molecule has 33 heavy (non-hydrogen) atoms. The summed E-state index contributed by atoms with van der Waals surface area (Å²) in [5.41, 5.74) is 4.14. The molecule has 0 saturated carbocycles. The van der Waals surface area contributed by atoms with Gasteiger partial charge in [0.1, 0.15) is 0 Å². The first-order valence-corrected chi connectivity index (χ1v) is 12.8. The van der Waals surface area contributed by atoms with Crippen molar-refractivity contribution in [1.29, 1.82) is 0 Å². The lowest BCUT2D eigenvalue weighted by Gasteiger charge is -2.32. The molecular formula is C26H30ClNO4S. The molecule has 7 heteroatoms. The Hall–Kier alpha value is -2.02. The van der Waals surface area contributed by atoms with Crippen LogP contribution < -0.4 is 5.32 Å². The van der Waals surface area contributed by atoms with Crippen molar-refractivity contribution < 1.29 is 19.1 Å². The highest BCUT2D eigenvalue weighted by molar-refractivity contribution is 7.98. The summed E-state index contributed by atoms with van der Waals surface area (Å²) >= 11 is 8.37. The summed E-state index contributed by atoms with van der Waals surface area (Å²) in [6, 6.07) is 12.3. The van der Waals surface area contributed by atoms with Crippen LogP contribution in [-0.2, 0) is 42.4 Å². The molecule has 2 heterocycles. The minimum Gasteiger partial charge on any atom is -0.416 e. The molecule has 4 rings (SSSR count). The fraction of sp³-hybridized carbons (Fsp3) is 0.462. The Morgan fingerprint density at radius 3 is 2.33 bits per heavy atom. The summed E-state index contributed by atoms with van der Waals surface area (Å²) in [4.78, 5) is 25.7. The van der Waals surface area contributed by atoms with Crippen molar-refractivity contribution in [1.82, 2.24) is 5.32 Å². The van der Waals surface area contributed by atoms with Crippen LogP contribution in [0, 0.1) is 0 Å². The predicted molar refractivity (Wildman–Crippen MR) is 130 cm³/mol. The molecule has 0 unspecified atom stereocenters. The molecule has 2 aromatic rings. The van der Waals surface area contributed by atoms with Gasteiger partial charge >= 0.3 is 11.9 Å². The predicted octanol–water partition coefficient (Wildman–Crippen LogP) is 5.50. The van der Waals surface area contributed by atoms with E-state index in [0.717, 1.165) is 22.4 Å². The molecule has 0 radical (unpaired) electrons. The van der Waals surface area contributed by atoms with Gasteiger partial charge in [-0.3, -0.25) is 9.59 Å². The second-order valence-electron chi connectivity index (χ2n) is 9.23. The lowest BCUT2D eigenvalue weighted by molar-refractivity contribution is -0.225. The molecule has 0 aliphatic carbocycles. The molecule has 0 bridgehead atoms. The highest BCUT2D eigenvalue weighted by Crippen LogP contribution is 2.40. The first-order valence-electron chi connectivity index (χ1n) is 11.4. The average Bonchev–Trinajstić information content (AvgIpc) is 3.06. The molecule has 0 amide bonds. The zero-order valence-corrected chi connectivity index (χ0v) is 20.9. The topological polar surface area (TPSA) is 64.6 Å². The van der Waals surface area contributed by atoms with Crippen molar-refractivity contribution in [3.05, 3.63) is 63.7 Å². The molecule has 2 aliphatic rings. The first kappa shape index (κ1) is 24.1. The number of nitrogens with one attached hydrogen (secondary N) is 1. The van der Waals surface area contributed by atoms with Crippen molar-refractivity contribution in [3.8, 4) is 0 Å². The largest absolute Gasteiger partial charge is 0.416 e. The molecule has 176 valence electrons. The van der Waals surface area contributed by atoms with Gasteiger partial charge in [0.25, 0.3) is 5.79 Å². The molecule has 1 fully saturated rings. The van der Waals surface area contributed by atoms with Crippen LogP contribution in [0.25, 0.3) is 0 Å². The highest BCUT2D eigenvalue weighted by Gasteiger charge is 2.45. The third-order valence-corrected chi connectivity index (χ3v) is 8.08. The minimum atomic E-state index is -1.45. The third-order valence-electron chi connectivity index (χ3n) is 6.69. The van der Waals surface area contributed by atoms with Gasteiger partial charge in [-0.1, -0.05) is 44.5 Å². The van der Waals surface area contributed by atoms with E-state index in [2.05, 4.69) is 50.4 Å². The average molecular weight is 488 g/mol. The maximum absolute atomic E-state index is 12.3. The Kier molecular flexibility index (Phi) is 7.08. The second kappa shape index (κ2) is 9.69. The molecule has 1 N–H and O–H groups in total. The zero-order valence-electron chi connectivity index (χ0n) is 19.3. The summed E-state index contributed by atoms with van der Waals surface area (Å²) in [6.07, 6.45) is 1.83. The van der Waals surface area contributed by atoms with Gasteiger partial charge in [-0.2, -0.15) is 0 Å². The number of ether oxygens (including phenoxy) is 2. The highest BCUT2D eigenvalue weighted by atomic mass is 35.5. The molecule has 0 atom stereocenters. The Morgan fingerprint density at radius 1 is 1.03 bits per heavy atom. The van der Waals surface area contributed by atoms with Crippen molar-refractivity contribution in [3.63, 3.8) is 0 Å². The summed E-state index contributed by atoms with van der Waals surface area (Å²) in [5.74, 6) is -1.65. The number of hydrogen-bond donors (Lipinski definition) is 1. The van der Waals surface area contributed by atoms with Crippen LogP contribution in [-0.4, -0.2) is 25.0 Å². The van der Waals surface area contributed by atoms with E-state index in [4.69, 9.17) is 21.1 Å². The minimum absolute atomic E-state index is 0.0248. The van der Waals surface area contributed by atoms with Crippen LogP contribution >= 0.6 is 23.4 Å². The van der Waals surface area contributed by atoms with Crippen LogP contribution in [0.2, 0.25) is 5.02 Å². The smallest absolute Gasteiger partial charge is 0.309 e. The Labute approximate surface area is 204 Å². The molecule has 2 aliphatic heterocycles. The lowest BCUT2D eigenvalue weighted by atomic mass is 9.82. The molecular weight excluding hydrogens is 458 g/mol. The summed E-state index contributed by atoms with van der Waals surface area (Å²) in [6.45, 7) is 7.61. The molecule has 1 saturated heterocycles. The normalized spacial score (nSPS) is 18.2. The Bertz CT molecular complexity index is 1030. The van der Waals surface area contributed by atoms with Crippen molar-refractivity contribution in [2.75, 3.05) is 13.1 Å². The van der Waals surface area contributed by atoms with Gasteiger partial charge < -0.3 is 14.8 Å². The SMILES string of the molecule is CCC(C)(C)c1ccc(SCc2c(Cl)ccc3c2CCNCC32OC(=O)CCC(=O)O2)cc1. The Morgan fingerprint density at radius 2 is 1.70 bits per heavy atom. The van der Waals surface area contributed by atoms with Gasteiger partial charge in [-0.25, -0.2) is 0 Å². The van der Waals surface area contributed by atoms with Gasteiger partial charge in [-0.15, -0.1) is 11.8 Å². The van der Waals surface area contributed by atoms with E-state index >= 15 is 0 Å². The number of benzene rings is 2. The monoisotopic (exact) mass is 487 g/mol. The zero-order chi connectivity index (χ0) is 23.6. The number of halogens is 1. The van der Waals surface area contributed by atoms with Crippen LogP contribution in [0.1, 0.15) is 62.3 Å². The lowest BCUT2D eigenvalue weighted by Crippen LogP contribution is -2.43. The van der Waals surface area contributed by atoms with Crippen molar-refractivity contribution >= 4 is 35.3 Å². The molecule has 0 aromatic heterocycles. The summed E-state index contributed by atoms with van der Waals surface area (Å²) in [5, 5.41) is 3.93. The number of thioether (sulfide) groups is 1. The van der Waals surface area contributed by atoms with Crippen LogP contribution in [0.15, 0.2) is 41.3 Å². The van der Waals surface area contributed by atoms with E-state index in [1.54, 1.807) is 11.8 Å². The van der Waals surface area contributed by atoms with E-state index < -0.39 is 17.7 Å². The number of rotatable bonds is 5. The van der Waals surface area contributed by atoms with Crippen molar-refractivity contribution in [2.24, 2.45) is 0 Å². The fourth-order valence-corrected chi connectivity index (χ4v) is 5.56. The number of fused-ring (bicyclic) bond motifs is 2. The van der Waals surface area contributed by atoms with E-state index in [1.165, 1.54) is 5.56 Å². The number of carbonyl (C=O) groups excluding carboxylic acids is 2. The maximum Gasteiger partial charge on any atom is 0.309 e. The summed E-state index contributed by atoms with van der Waals surface area (Å²) < 4.78 is 11.5.